The molecule has 0 atom stereocenters. The molecule has 1 aliphatic rings. The Morgan fingerprint density at radius 3 is 2.88 bits per heavy atom. The van der Waals surface area contributed by atoms with Crippen LogP contribution in [0.4, 0.5) is 5.69 Å². The molecule has 0 spiro atoms. The topological polar surface area (TPSA) is 24.4 Å². The zero-order valence-corrected chi connectivity index (χ0v) is 10.2. The molecule has 16 heavy (non-hydrogen) atoms. The van der Waals surface area contributed by atoms with E-state index in [4.69, 9.17) is 0 Å². The minimum Gasteiger partial charge on any atom is -0.344 e. The predicted octanol–water partition coefficient (Wildman–Crippen LogP) is 3.69. The van der Waals surface area contributed by atoms with Crippen molar-refractivity contribution in [3.8, 4) is 0 Å². The zero-order chi connectivity index (χ0) is 11.4. The van der Waals surface area contributed by atoms with Crippen LogP contribution in [0.2, 0.25) is 0 Å². The second-order valence-electron chi connectivity index (χ2n) is 4.51. The highest BCUT2D eigenvalue weighted by Crippen LogP contribution is 2.19. The van der Waals surface area contributed by atoms with E-state index >= 15 is 0 Å². The highest BCUT2D eigenvalue weighted by molar-refractivity contribution is 5.96. The summed E-state index contributed by atoms with van der Waals surface area (Å²) in [5, 5.41) is 3.48. The van der Waals surface area contributed by atoms with E-state index in [0.29, 0.717) is 0 Å². The van der Waals surface area contributed by atoms with Crippen LogP contribution >= 0.6 is 0 Å². The van der Waals surface area contributed by atoms with Crippen molar-refractivity contribution in [3.63, 3.8) is 0 Å². The van der Waals surface area contributed by atoms with Gasteiger partial charge in [-0.25, -0.2) is 0 Å². The summed E-state index contributed by atoms with van der Waals surface area (Å²) in [6.45, 7) is 5.29. The number of nitrogens with one attached hydrogen (secondary N) is 1. The van der Waals surface area contributed by atoms with Crippen LogP contribution in [-0.2, 0) is 0 Å². The smallest absolute Gasteiger partial charge is 0.101 e. The Balaban J connectivity index is 2.13. The molecule has 1 aromatic rings. The lowest BCUT2D eigenvalue weighted by Crippen LogP contribution is -2.12. The van der Waals surface area contributed by atoms with Crippen LogP contribution in [0.25, 0.3) is 0 Å². The monoisotopic (exact) mass is 216 g/mol. The molecule has 1 heterocycles. The average Bonchev–Trinajstić information content (AvgIpc) is 2.53. The van der Waals surface area contributed by atoms with Gasteiger partial charge in [0.1, 0.15) is 5.84 Å². The third-order valence-electron chi connectivity index (χ3n) is 3.26. The Morgan fingerprint density at radius 2 is 2.00 bits per heavy atom. The number of hydrogen-bond acceptors (Lipinski definition) is 2. The molecular weight excluding hydrogens is 196 g/mol. The van der Waals surface area contributed by atoms with Gasteiger partial charge in [-0.3, -0.25) is 4.99 Å². The summed E-state index contributed by atoms with van der Waals surface area (Å²) in [5.41, 5.74) is 3.87. The molecule has 2 heteroatoms. The highest BCUT2D eigenvalue weighted by Gasteiger charge is 2.06. The number of rotatable bonds is 1. The first-order valence-corrected chi connectivity index (χ1v) is 6.14. The van der Waals surface area contributed by atoms with Crippen LogP contribution in [0.15, 0.2) is 23.2 Å². The van der Waals surface area contributed by atoms with Crippen LogP contribution < -0.4 is 5.32 Å². The van der Waals surface area contributed by atoms with E-state index in [-0.39, 0.29) is 0 Å². The highest BCUT2D eigenvalue weighted by atomic mass is 15.0. The summed E-state index contributed by atoms with van der Waals surface area (Å²) < 4.78 is 0. The number of hydrogen-bond donors (Lipinski definition) is 1. The van der Waals surface area contributed by atoms with Gasteiger partial charge in [0.05, 0.1) is 0 Å². The van der Waals surface area contributed by atoms with Crippen molar-refractivity contribution in [2.45, 2.75) is 39.5 Å². The average molecular weight is 216 g/mol. The third kappa shape index (κ3) is 2.63. The Bertz CT molecular complexity index is 394. The van der Waals surface area contributed by atoms with Crippen LogP contribution in [0.1, 0.15) is 36.8 Å². The van der Waals surface area contributed by atoms with Crippen molar-refractivity contribution in [1.82, 2.24) is 0 Å². The summed E-state index contributed by atoms with van der Waals surface area (Å²) >= 11 is 0. The first kappa shape index (κ1) is 11.2. The van der Waals surface area contributed by atoms with Gasteiger partial charge in [-0.15, -0.1) is 0 Å². The number of aryl methyl sites for hydroxylation is 1. The van der Waals surface area contributed by atoms with E-state index in [2.05, 4.69) is 42.4 Å². The second kappa shape index (κ2) is 5.15. The minimum atomic E-state index is 0.979. The molecule has 1 aliphatic heterocycles. The van der Waals surface area contributed by atoms with E-state index in [9.17, 15) is 0 Å². The molecule has 2 rings (SSSR count). The first-order chi connectivity index (χ1) is 7.77. The molecule has 0 aliphatic carbocycles. The SMILES string of the molecule is Cc1cccc(NC2=NCCCCC2)c1C. The van der Waals surface area contributed by atoms with Crippen LogP contribution in [0, 0.1) is 13.8 Å². The second-order valence-corrected chi connectivity index (χ2v) is 4.51. The summed E-state index contributed by atoms with van der Waals surface area (Å²) in [6.07, 6.45) is 4.89. The van der Waals surface area contributed by atoms with E-state index in [1.807, 2.05) is 0 Å². The molecule has 0 unspecified atom stereocenters. The molecule has 0 saturated heterocycles. The summed E-state index contributed by atoms with van der Waals surface area (Å²) in [4.78, 5) is 4.59. The third-order valence-corrected chi connectivity index (χ3v) is 3.26. The van der Waals surface area contributed by atoms with Gasteiger partial charge in [-0.05, 0) is 43.9 Å². The molecule has 0 saturated carbocycles. The molecule has 86 valence electrons. The molecule has 0 bridgehead atoms. The van der Waals surface area contributed by atoms with Crippen LogP contribution in [0.3, 0.4) is 0 Å². The number of nitrogens with zero attached hydrogens (tertiary/aromatic N) is 1. The normalized spacial score (nSPS) is 16.5. The summed E-state index contributed by atoms with van der Waals surface area (Å²) in [7, 11) is 0. The van der Waals surface area contributed by atoms with Crippen molar-refractivity contribution in [2.75, 3.05) is 11.9 Å². The fourth-order valence-electron chi connectivity index (χ4n) is 2.02. The van der Waals surface area contributed by atoms with Crippen LogP contribution in [0.5, 0.6) is 0 Å². The molecule has 1 aromatic carbocycles. The Labute approximate surface area is 97.8 Å². The van der Waals surface area contributed by atoms with Gasteiger partial charge in [0.25, 0.3) is 0 Å². The largest absolute Gasteiger partial charge is 0.344 e. The fourth-order valence-corrected chi connectivity index (χ4v) is 2.02. The molecule has 0 aromatic heterocycles. The maximum absolute atomic E-state index is 4.59. The summed E-state index contributed by atoms with van der Waals surface area (Å²) in [5.74, 6) is 1.16. The van der Waals surface area contributed by atoms with Crippen molar-refractivity contribution < 1.29 is 0 Å². The fraction of sp³-hybridized carbons (Fsp3) is 0.500. The van der Waals surface area contributed by atoms with E-state index in [0.717, 1.165) is 18.8 Å². The van der Waals surface area contributed by atoms with Gasteiger partial charge in [-0.2, -0.15) is 0 Å². The van der Waals surface area contributed by atoms with Crippen molar-refractivity contribution >= 4 is 11.5 Å². The van der Waals surface area contributed by atoms with E-state index < -0.39 is 0 Å². The number of aliphatic imine (C=N–C) groups is 1. The lowest BCUT2D eigenvalue weighted by atomic mass is 10.1. The van der Waals surface area contributed by atoms with Gasteiger partial charge in [0, 0.05) is 18.7 Å². The molecule has 0 radical (unpaired) electrons. The van der Waals surface area contributed by atoms with Gasteiger partial charge in [0.15, 0.2) is 0 Å². The quantitative estimate of drug-likeness (QED) is 0.760. The van der Waals surface area contributed by atoms with Crippen molar-refractivity contribution in [1.29, 1.82) is 0 Å². The maximum Gasteiger partial charge on any atom is 0.101 e. The van der Waals surface area contributed by atoms with Gasteiger partial charge in [-0.1, -0.05) is 18.6 Å². The Kier molecular flexibility index (Phi) is 3.60. The number of benzene rings is 1. The predicted molar refractivity (Wildman–Crippen MR) is 70.3 cm³/mol. The molecule has 2 nitrogen and oxygen atoms in total. The first-order valence-electron chi connectivity index (χ1n) is 6.14. The zero-order valence-electron chi connectivity index (χ0n) is 10.2. The maximum atomic E-state index is 4.59. The molecule has 1 N–H and O–H groups in total. The Morgan fingerprint density at radius 1 is 1.12 bits per heavy atom. The van der Waals surface area contributed by atoms with Gasteiger partial charge in [0.2, 0.25) is 0 Å². The lowest BCUT2D eigenvalue weighted by molar-refractivity contribution is 0.731. The summed E-state index contributed by atoms with van der Waals surface area (Å²) in [6, 6.07) is 6.38. The molecular formula is C14H20N2. The van der Waals surface area contributed by atoms with E-state index in [1.165, 1.54) is 36.1 Å². The van der Waals surface area contributed by atoms with Crippen LogP contribution in [-0.4, -0.2) is 12.4 Å². The molecule has 0 amide bonds. The molecule has 0 fully saturated rings. The van der Waals surface area contributed by atoms with Crippen molar-refractivity contribution in [3.05, 3.63) is 29.3 Å². The van der Waals surface area contributed by atoms with Crippen molar-refractivity contribution in [2.24, 2.45) is 4.99 Å². The number of amidine groups is 1. The minimum absolute atomic E-state index is 0.979. The standard InChI is InChI=1S/C14H20N2/c1-11-7-6-8-13(12(11)2)16-14-9-4-3-5-10-15-14/h6-8H,3-5,9-10H2,1-2H3,(H,15,16). The van der Waals surface area contributed by atoms with Gasteiger partial charge >= 0.3 is 0 Å². The number of anilines is 1. The van der Waals surface area contributed by atoms with Gasteiger partial charge < -0.3 is 5.32 Å². The lowest BCUT2D eigenvalue weighted by Gasteiger charge is -2.12. The Hall–Kier alpha value is -1.31. The van der Waals surface area contributed by atoms with E-state index in [1.54, 1.807) is 0 Å².